The van der Waals surface area contributed by atoms with E-state index < -0.39 is 20.9 Å². The molecule has 164 valence electrons. The molecule has 0 saturated carbocycles. The first-order chi connectivity index (χ1) is 14.5. The second-order valence-electron chi connectivity index (χ2n) is 7.74. The van der Waals surface area contributed by atoms with E-state index in [2.05, 4.69) is 15.6 Å². The Morgan fingerprint density at radius 1 is 0.867 bits per heavy atom. The van der Waals surface area contributed by atoms with Crippen LogP contribution in [-0.4, -0.2) is 43.1 Å². The molecule has 0 atom stereocenters. The molecule has 1 saturated heterocycles. The molecular formula is C21H30N4O4S. The average molecular weight is 435 g/mol. The molecule has 0 radical (unpaired) electrons. The smallest absolute Gasteiger partial charge is 0.253 e. The highest BCUT2D eigenvalue weighted by Crippen LogP contribution is 2.20. The Hall–Kier alpha value is -2.26. The molecule has 0 bridgehead atoms. The number of nitrogens with zero attached hydrogens (tertiary/aromatic N) is 2. The van der Waals surface area contributed by atoms with E-state index in [0.29, 0.717) is 37.4 Å². The standard InChI is InChI=1S/C21H30N4O4S/c26-20-18(19(21(20)27)24-17-9-12-22-13-10-17)23-11-5-1-4-8-16-30(28,29)25-14-6-2-3-7-15-25/h9-10,12-13,23H,1-8,11,14-16H2,(H,22,24). The van der Waals surface area contributed by atoms with Crippen LogP contribution in [0.5, 0.6) is 0 Å². The van der Waals surface area contributed by atoms with Crippen molar-refractivity contribution in [1.29, 1.82) is 0 Å². The molecule has 2 aromatic rings. The molecule has 2 N–H and O–H groups in total. The van der Waals surface area contributed by atoms with E-state index >= 15 is 0 Å². The molecular weight excluding hydrogens is 404 g/mol. The highest BCUT2D eigenvalue weighted by molar-refractivity contribution is 7.89. The zero-order valence-electron chi connectivity index (χ0n) is 17.2. The van der Waals surface area contributed by atoms with Crippen molar-refractivity contribution in [2.24, 2.45) is 0 Å². The molecule has 1 aromatic heterocycles. The number of unbranched alkanes of at least 4 members (excludes halogenated alkanes) is 3. The maximum atomic E-state index is 12.4. The second kappa shape index (κ2) is 10.7. The van der Waals surface area contributed by atoms with Gasteiger partial charge in [0.25, 0.3) is 10.9 Å². The first kappa shape index (κ1) is 22.4. The fourth-order valence-electron chi connectivity index (χ4n) is 3.68. The molecule has 0 amide bonds. The van der Waals surface area contributed by atoms with Gasteiger partial charge in [-0.05, 0) is 37.8 Å². The molecule has 1 aliphatic rings. The summed E-state index contributed by atoms with van der Waals surface area (Å²) in [5, 5.41) is 6.00. The van der Waals surface area contributed by atoms with E-state index in [1.54, 1.807) is 28.8 Å². The van der Waals surface area contributed by atoms with Gasteiger partial charge in [-0.25, -0.2) is 12.7 Å². The summed E-state index contributed by atoms with van der Waals surface area (Å²) in [5.41, 5.74) is 0.282. The van der Waals surface area contributed by atoms with Crippen molar-refractivity contribution in [3.63, 3.8) is 0 Å². The zero-order valence-corrected chi connectivity index (χ0v) is 18.0. The van der Waals surface area contributed by atoms with E-state index in [1.807, 2.05) is 0 Å². The Balaban J connectivity index is 1.35. The van der Waals surface area contributed by atoms with Gasteiger partial charge in [0.2, 0.25) is 10.0 Å². The van der Waals surface area contributed by atoms with Crippen molar-refractivity contribution in [3.8, 4) is 0 Å². The van der Waals surface area contributed by atoms with Crippen molar-refractivity contribution in [2.75, 3.05) is 36.0 Å². The molecule has 0 unspecified atom stereocenters. The minimum absolute atomic E-state index is 0.207. The molecule has 8 nitrogen and oxygen atoms in total. The summed E-state index contributed by atoms with van der Waals surface area (Å²) in [7, 11) is -3.14. The van der Waals surface area contributed by atoms with Gasteiger partial charge in [-0.1, -0.05) is 25.7 Å². The van der Waals surface area contributed by atoms with Crippen molar-refractivity contribution in [3.05, 3.63) is 45.0 Å². The molecule has 0 aliphatic carbocycles. The summed E-state index contributed by atoms with van der Waals surface area (Å²) in [6, 6.07) is 3.45. The fourth-order valence-corrected chi connectivity index (χ4v) is 5.33. The lowest BCUT2D eigenvalue weighted by molar-refractivity contribution is 0.422. The molecule has 9 heteroatoms. The maximum absolute atomic E-state index is 12.4. The van der Waals surface area contributed by atoms with E-state index in [1.165, 1.54) is 0 Å². The summed E-state index contributed by atoms with van der Waals surface area (Å²) in [4.78, 5) is 27.5. The summed E-state index contributed by atoms with van der Waals surface area (Å²) in [5.74, 6) is 0.207. The van der Waals surface area contributed by atoms with Crippen LogP contribution in [-0.2, 0) is 10.0 Å². The molecule has 2 heterocycles. The van der Waals surface area contributed by atoms with Gasteiger partial charge in [0, 0.05) is 37.7 Å². The van der Waals surface area contributed by atoms with Crippen LogP contribution < -0.4 is 21.5 Å². The number of pyridine rings is 1. The lowest BCUT2D eigenvalue weighted by Crippen LogP contribution is -2.36. The largest absolute Gasteiger partial charge is 0.380 e. The maximum Gasteiger partial charge on any atom is 0.253 e. The second-order valence-corrected chi connectivity index (χ2v) is 9.83. The number of hydrogen-bond acceptors (Lipinski definition) is 7. The third-order valence-corrected chi connectivity index (χ3v) is 7.41. The van der Waals surface area contributed by atoms with Gasteiger partial charge in [-0.3, -0.25) is 14.6 Å². The molecule has 1 fully saturated rings. The third kappa shape index (κ3) is 5.89. The Kier molecular flexibility index (Phi) is 7.98. The highest BCUT2D eigenvalue weighted by atomic mass is 32.2. The van der Waals surface area contributed by atoms with Crippen molar-refractivity contribution in [2.45, 2.75) is 51.4 Å². The molecule has 30 heavy (non-hydrogen) atoms. The Morgan fingerprint density at radius 2 is 1.50 bits per heavy atom. The van der Waals surface area contributed by atoms with E-state index in [0.717, 1.165) is 44.9 Å². The number of nitrogens with one attached hydrogen (secondary N) is 2. The summed E-state index contributed by atoms with van der Waals surface area (Å²) in [6.07, 6.45) is 10.5. The lowest BCUT2D eigenvalue weighted by atomic mass is 10.1. The van der Waals surface area contributed by atoms with Crippen molar-refractivity contribution < 1.29 is 8.42 Å². The Labute approximate surface area is 177 Å². The average Bonchev–Trinajstić information content (AvgIpc) is 3.05. The Bertz CT molecular complexity index is 976. The minimum atomic E-state index is -3.14. The van der Waals surface area contributed by atoms with E-state index in [9.17, 15) is 18.0 Å². The first-order valence-corrected chi connectivity index (χ1v) is 12.3. The van der Waals surface area contributed by atoms with Gasteiger partial charge < -0.3 is 10.6 Å². The number of aromatic nitrogens is 1. The van der Waals surface area contributed by atoms with Crippen LogP contribution in [0, 0.1) is 0 Å². The summed E-state index contributed by atoms with van der Waals surface area (Å²) < 4.78 is 26.5. The van der Waals surface area contributed by atoms with Gasteiger partial charge in [0.1, 0.15) is 11.4 Å². The fraction of sp³-hybridized carbons (Fsp3) is 0.571. The molecule has 0 spiro atoms. The highest BCUT2D eigenvalue weighted by Gasteiger charge is 2.22. The third-order valence-electron chi connectivity index (χ3n) is 5.45. The minimum Gasteiger partial charge on any atom is -0.380 e. The number of sulfonamides is 1. The van der Waals surface area contributed by atoms with Crippen molar-refractivity contribution >= 4 is 27.1 Å². The van der Waals surface area contributed by atoms with Crippen molar-refractivity contribution in [1.82, 2.24) is 9.29 Å². The van der Waals surface area contributed by atoms with Crippen LogP contribution in [0.3, 0.4) is 0 Å². The van der Waals surface area contributed by atoms with Gasteiger partial charge in [0.15, 0.2) is 0 Å². The monoisotopic (exact) mass is 434 g/mol. The lowest BCUT2D eigenvalue weighted by Gasteiger charge is -2.19. The van der Waals surface area contributed by atoms with Gasteiger partial charge >= 0.3 is 0 Å². The molecule has 1 aliphatic heterocycles. The van der Waals surface area contributed by atoms with E-state index in [-0.39, 0.29) is 11.4 Å². The predicted molar refractivity (Wildman–Crippen MR) is 120 cm³/mol. The Morgan fingerprint density at radius 3 is 2.20 bits per heavy atom. The van der Waals surface area contributed by atoms with Crippen LogP contribution in [0.25, 0.3) is 0 Å². The normalized spacial score (nSPS) is 15.7. The molecule has 3 rings (SSSR count). The van der Waals surface area contributed by atoms with Crippen LogP contribution in [0.1, 0.15) is 51.4 Å². The number of anilines is 3. The first-order valence-electron chi connectivity index (χ1n) is 10.7. The zero-order chi connectivity index (χ0) is 21.4. The van der Waals surface area contributed by atoms with Crippen LogP contribution in [0.2, 0.25) is 0 Å². The topological polar surface area (TPSA) is 108 Å². The number of rotatable bonds is 11. The summed E-state index contributed by atoms with van der Waals surface area (Å²) >= 11 is 0. The number of hydrogen-bond donors (Lipinski definition) is 2. The van der Waals surface area contributed by atoms with Crippen LogP contribution in [0.15, 0.2) is 34.1 Å². The van der Waals surface area contributed by atoms with Gasteiger partial charge in [0.05, 0.1) is 5.75 Å². The van der Waals surface area contributed by atoms with Gasteiger partial charge in [-0.2, -0.15) is 0 Å². The quantitative estimate of drug-likeness (QED) is 0.413. The predicted octanol–water partition coefficient (Wildman–Crippen LogP) is 2.60. The van der Waals surface area contributed by atoms with Crippen LogP contribution in [0.4, 0.5) is 17.1 Å². The summed E-state index contributed by atoms with van der Waals surface area (Å²) in [6.45, 7) is 1.88. The van der Waals surface area contributed by atoms with Gasteiger partial charge in [-0.15, -0.1) is 0 Å². The molecule has 1 aromatic carbocycles. The SMILES string of the molecule is O=c1c(NCCCCCCS(=O)(=O)N2CCCCCC2)c(Nc2ccncc2)c1=O. The van der Waals surface area contributed by atoms with E-state index in [4.69, 9.17) is 0 Å². The van der Waals surface area contributed by atoms with Crippen LogP contribution >= 0.6 is 0 Å².